The Bertz CT molecular complexity index is 1100. The molecule has 3 aromatic carbocycles. The predicted molar refractivity (Wildman–Crippen MR) is 117 cm³/mol. The van der Waals surface area contributed by atoms with Crippen LogP contribution < -0.4 is 15.4 Å². The largest absolute Gasteiger partial charge is 0.427 e. The lowest BCUT2D eigenvalue weighted by atomic mass is 10.1. The third-order valence-corrected chi connectivity index (χ3v) is 4.60. The molecular formula is C23H20N2O4S. The Hall–Kier alpha value is -3.58. The summed E-state index contributed by atoms with van der Waals surface area (Å²) in [5.74, 6) is -0.781. The molecule has 2 amide bonds. The zero-order chi connectivity index (χ0) is 21.5. The Balaban J connectivity index is 1.71. The summed E-state index contributed by atoms with van der Waals surface area (Å²) in [5, 5.41) is 5.68. The van der Waals surface area contributed by atoms with Gasteiger partial charge >= 0.3 is 5.97 Å². The molecule has 0 aliphatic carbocycles. The van der Waals surface area contributed by atoms with Gasteiger partial charge in [-0.25, -0.2) is 0 Å². The third-order valence-electron chi connectivity index (χ3n) is 4.21. The molecule has 30 heavy (non-hydrogen) atoms. The molecule has 3 aromatic rings. The molecule has 0 aliphatic heterocycles. The second kappa shape index (κ2) is 9.76. The van der Waals surface area contributed by atoms with Crippen LogP contribution in [-0.2, 0) is 11.3 Å². The summed E-state index contributed by atoms with van der Waals surface area (Å²) in [6, 6.07) is 20.5. The normalized spacial score (nSPS) is 10.2. The summed E-state index contributed by atoms with van der Waals surface area (Å²) in [6.07, 6.45) is 0. The fraction of sp³-hybridized carbons (Fsp3) is 0.0870. The van der Waals surface area contributed by atoms with Gasteiger partial charge in [0.2, 0.25) is 0 Å². The first kappa shape index (κ1) is 21.1. The Labute approximate surface area is 179 Å². The molecule has 0 unspecified atom stereocenters. The van der Waals surface area contributed by atoms with Gasteiger partial charge in [0.1, 0.15) is 5.75 Å². The topological polar surface area (TPSA) is 84.5 Å². The Morgan fingerprint density at radius 3 is 2.40 bits per heavy atom. The van der Waals surface area contributed by atoms with Crippen molar-refractivity contribution in [3.63, 3.8) is 0 Å². The zero-order valence-electron chi connectivity index (χ0n) is 16.2. The number of hydrogen-bond donors (Lipinski definition) is 3. The van der Waals surface area contributed by atoms with Crippen LogP contribution in [0.15, 0.2) is 77.7 Å². The number of benzene rings is 3. The van der Waals surface area contributed by atoms with E-state index in [-0.39, 0.29) is 18.4 Å². The number of thiol groups is 1. The number of carbonyl (C=O) groups is 3. The Morgan fingerprint density at radius 2 is 1.63 bits per heavy atom. The number of anilines is 1. The van der Waals surface area contributed by atoms with Crippen molar-refractivity contribution in [2.45, 2.75) is 18.4 Å². The smallest absolute Gasteiger partial charge is 0.308 e. The summed E-state index contributed by atoms with van der Waals surface area (Å²) in [7, 11) is 0. The van der Waals surface area contributed by atoms with Crippen LogP contribution >= 0.6 is 12.6 Å². The molecule has 0 radical (unpaired) electrons. The molecule has 6 nitrogen and oxygen atoms in total. The molecule has 0 aliphatic rings. The summed E-state index contributed by atoms with van der Waals surface area (Å²) < 4.78 is 5.02. The monoisotopic (exact) mass is 420 g/mol. The van der Waals surface area contributed by atoms with E-state index in [0.717, 1.165) is 5.56 Å². The van der Waals surface area contributed by atoms with Gasteiger partial charge in [-0.2, -0.15) is 0 Å². The number of nitrogens with one attached hydrogen (secondary N) is 2. The highest BCUT2D eigenvalue weighted by atomic mass is 32.1. The van der Waals surface area contributed by atoms with Gasteiger partial charge < -0.3 is 15.4 Å². The number of esters is 1. The minimum absolute atomic E-state index is 0.227. The highest BCUT2D eigenvalue weighted by molar-refractivity contribution is 7.80. The number of amides is 2. The molecular weight excluding hydrogens is 400 g/mol. The molecule has 0 bridgehead atoms. The molecule has 0 heterocycles. The van der Waals surface area contributed by atoms with Crippen molar-refractivity contribution in [2.75, 3.05) is 5.32 Å². The van der Waals surface area contributed by atoms with Crippen LogP contribution in [0.4, 0.5) is 5.69 Å². The molecule has 0 atom stereocenters. The first-order valence-corrected chi connectivity index (χ1v) is 9.62. The average molecular weight is 420 g/mol. The summed E-state index contributed by atoms with van der Waals surface area (Å²) in [4.78, 5) is 36.8. The summed E-state index contributed by atoms with van der Waals surface area (Å²) in [5.41, 5.74) is 2.13. The second-order valence-corrected chi connectivity index (χ2v) is 6.91. The maximum absolute atomic E-state index is 12.7. The molecule has 0 saturated carbocycles. The lowest BCUT2D eigenvalue weighted by molar-refractivity contribution is -0.131. The highest BCUT2D eigenvalue weighted by Crippen LogP contribution is 2.19. The fourth-order valence-electron chi connectivity index (χ4n) is 2.79. The van der Waals surface area contributed by atoms with Crippen LogP contribution in [0.1, 0.15) is 33.2 Å². The van der Waals surface area contributed by atoms with Crippen LogP contribution in [-0.4, -0.2) is 17.8 Å². The second-order valence-electron chi connectivity index (χ2n) is 6.43. The highest BCUT2D eigenvalue weighted by Gasteiger charge is 2.13. The number of ether oxygens (including phenoxy) is 1. The molecule has 2 N–H and O–H groups in total. The van der Waals surface area contributed by atoms with Gasteiger partial charge in [-0.1, -0.05) is 36.4 Å². The predicted octanol–water partition coefficient (Wildman–Crippen LogP) is 4.08. The number of hydrogen-bond acceptors (Lipinski definition) is 5. The lowest BCUT2D eigenvalue weighted by Crippen LogP contribution is -2.24. The van der Waals surface area contributed by atoms with Crippen LogP contribution in [0, 0.1) is 0 Å². The van der Waals surface area contributed by atoms with Gasteiger partial charge in [0.05, 0.1) is 5.56 Å². The SMILES string of the molecule is CC(=O)Oc1cccc(C(=O)Nc2ccccc2CNC(=O)c2ccccc2S)c1. The maximum Gasteiger partial charge on any atom is 0.308 e. The van der Waals surface area contributed by atoms with E-state index < -0.39 is 5.97 Å². The van der Waals surface area contributed by atoms with Gasteiger partial charge in [0.15, 0.2) is 0 Å². The zero-order valence-corrected chi connectivity index (χ0v) is 17.1. The van der Waals surface area contributed by atoms with E-state index in [1.807, 2.05) is 12.1 Å². The van der Waals surface area contributed by atoms with Gasteiger partial charge in [-0.05, 0) is 42.0 Å². The van der Waals surface area contributed by atoms with Crippen molar-refractivity contribution in [3.8, 4) is 5.75 Å². The van der Waals surface area contributed by atoms with Crippen molar-refractivity contribution >= 4 is 36.1 Å². The van der Waals surface area contributed by atoms with E-state index in [1.54, 1.807) is 54.6 Å². The molecule has 152 valence electrons. The van der Waals surface area contributed by atoms with E-state index >= 15 is 0 Å². The van der Waals surface area contributed by atoms with E-state index in [0.29, 0.717) is 27.5 Å². The Morgan fingerprint density at radius 1 is 0.900 bits per heavy atom. The van der Waals surface area contributed by atoms with E-state index in [9.17, 15) is 14.4 Å². The van der Waals surface area contributed by atoms with Gasteiger partial charge in [-0.3, -0.25) is 14.4 Å². The summed E-state index contributed by atoms with van der Waals surface area (Å²) in [6.45, 7) is 1.52. The molecule has 0 aromatic heterocycles. The van der Waals surface area contributed by atoms with Crippen LogP contribution in [0.2, 0.25) is 0 Å². The van der Waals surface area contributed by atoms with Crippen LogP contribution in [0.5, 0.6) is 5.75 Å². The van der Waals surface area contributed by atoms with Crippen LogP contribution in [0.3, 0.4) is 0 Å². The van der Waals surface area contributed by atoms with Crippen molar-refractivity contribution in [2.24, 2.45) is 0 Å². The number of para-hydroxylation sites is 1. The number of carbonyl (C=O) groups excluding carboxylic acids is 3. The van der Waals surface area contributed by atoms with E-state index in [1.165, 1.54) is 13.0 Å². The molecule has 0 spiro atoms. The van der Waals surface area contributed by atoms with Crippen LogP contribution in [0.25, 0.3) is 0 Å². The quantitative estimate of drug-likeness (QED) is 0.319. The fourth-order valence-corrected chi connectivity index (χ4v) is 3.06. The van der Waals surface area contributed by atoms with Crippen molar-refractivity contribution in [3.05, 3.63) is 89.5 Å². The molecule has 3 rings (SSSR count). The molecule has 7 heteroatoms. The first-order valence-electron chi connectivity index (χ1n) is 9.18. The van der Waals surface area contributed by atoms with E-state index in [4.69, 9.17) is 4.74 Å². The van der Waals surface area contributed by atoms with Crippen molar-refractivity contribution in [1.29, 1.82) is 0 Å². The van der Waals surface area contributed by atoms with Crippen molar-refractivity contribution in [1.82, 2.24) is 5.32 Å². The molecule has 0 fully saturated rings. The summed E-state index contributed by atoms with van der Waals surface area (Å²) >= 11 is 4.30. The maximum atomic E-state index is 12.7. The standard InChI is InChI=1S/C23H20N2O4S/c1-15(26)29-18-9-6-8-16(13-18)22(27)25-20-11-4-2-7-17(20)14-24-23(28)19-10-3-5-12-21(19)30/h2-13,30H,14H2,1H3,(H,24,28)(H,25,27). The minimum atomic E-state index is -0.462. The van der Waals surface area contributed by atoms with E-state index in [2.05, 4.69) is 23.3 Å². The first-order chi connectivity index (χ1) is 14.4. The molecule has 0 saturated heterocycles. The van der Waals surface area contributed by atoms with Gasteiger partial charge in [-0.15, -0.1) is 12.6 Å². The van der Waals surface area contributed by atoms with Gasteiger partial charge in [0.25, 0.3) is 11.8 Å². The minimum Gasteiger partial charge on any atom is -0.427 e. The van der Waals surface area contributed by atoms with Gasteiger partial charge in [0, 0.05) is 29.6 Å². The third kappa shape index (κ3) is 5.48. The number of rotatable bonds is 6. The lowest BCUT2D eigenvalue weighted by Gasteiger charge is -2.13. The Kier molecular flexibility index (Phi) is 6.87. The van der Waals surface area contributed by atoms with Crippen molar-refractivity contribution < 1.29 is 19.1 Å². The average Bonchev–Trinajstić information content (AvgIpc) is 2.73.